The highest BCUT2D eigenvalue weighted by atomic mass is 16.5. The fourth-order valence-corrected chi connectivity index (χ4v) is 1.69. The molecule has 1 aromatic carbocycles. The molecule has 1 N–H and O–H groups in total. The molecule has 0 bridgehead atoms. The van der Waals surface area contributed by atoms with Gasteiger partial charge in [-0.3, -0.25) is 5.32 Å². The Bertz CT molecular complexity index is 400. The van der Waals surface area contributed by atoms with E-state index in [9.17, 15) is 4.79 Å². The van der Waals surface area contributed by atoms with E-state index in [0.717, 1.165) is 11.3 Å². The summed E-state index contributed by atoms with van der Waals surface area (Å²) < 4.78 is 10.4. The molecule has 1 rings (SSSR count). The number of hydrogen-bond acceptors (Lipinski definition) is 4. The van der Waals surface area contributed by atoms with Crippen LogP contribution in [0.3, 0.4) is 0 Å². The molecule has 1 unspecified atom stereocenters. The van der Waals surface area contributed by atoms with Crippen molar-refractivity contribution >= 4 is 5.97 Å². The molecular formula is C15H21NO3. The maximum Gasteiger partial charge on any atom is 0.327 e. The molecule has 0 fully saturated rings. The molecule has 0 saturated heterocycles. The van der Waals surface area contributed by atoms with Crippen LogP contribution in [0, 0.1) is 0 Å². The quantitative estimate of drug-likeness (QED) is 0.578. The second kappa shape index (κ2) is 8.32. The normalized spacial score (nSPS) is 11.7. The highest BCUT2D eigenvalue weighted by Crippen LogP contribution is 2.19. The maximum absolute atomic E-state index is 11.9. The Kier molecular flexibility index (Phi) is 6.68. The third-order valence-corrected chi connectivity index (χ3v) is 2.51. The van der Waals surface area contributed by atoms with Crippen molar-refractivity contribution in [2.75, 3.05) is 19.8 Å². The number of benzene rings is 1. The van der Waals surface area contributed by atoms with Gasteiger partial charge < -0.3 is 9.47 Å². The van der Waals surface area contributed by atoms with Crippen LogP contribution >= 0.6 is 0 Å². The van der Waals surface area contributed by atoms with Crippen LogP contribution in [0.4, 0.5) is 0 Å². The second-order valence-electron chi connectivity index (χ2n) is 3.88. The van der Waals surface area contributed by atoms with E-state index in [0.29, 0.717) is 19.8 Å². The minimum atomic E-state index is -0.478. The van der Waals surface area contributed by atoms with Gasteiger partial charge in [0.25, 0.3) is 0 Å². The second-order valence-corrected chi connectivity index (χ2v) is 3.88. The molecule has 104 valence electrons. The Hall–Kier alpha value is -1.81. The van der Waals surface area contributed by atoms with Gasteiger partial charge in [-0.2, -0.15) is 0 Å². The Labute approximate surface area is 114 Å². The fraction of sp³-hybridized carbons (Fsp3) is 0.400. The highest BCUT2D eigenvalue weighted by Gasteiger charge is 2.20. The zero-order chi connectivity index (χ0) is 14.1. The van der Waals surface area contributed by atoms with Gasteiger partial charge in [0, 0.05) is 6.54 Å². The third kappa shape index (κ3) is 4.75. The zero-order valence-corrected chi connectivity index (χ0v) is 11.5. The van der Waals surface area contributed by atoms with E-state index in [1.54, 1.807) is 13.0 Å². The van der Waals surface area contributed by atoms with E-state index >= 15 is 0 Å². The minimum absolute atomic E-state index is 0.284. The number of carbonyl (C=O) groups is 1. The van der Waals surface area contributed by atoms with E-state index in [1.807, 2.05) is 31.2 Å². The van der Waals surface area contributed by atoms with Gasteiger partial charge in [0.2, 0.25) is 0 Å². The summed E-state index contributed by atoms with van der Waals surface area (Å²) in [5, 5.41) is 3.09. The van der Waals surface area contributed by atoms with Gasteiger partial charge in [-0.05, 0) is 31.5 Å². The summed E-state index contributed by atoms with van der Waals surface area (Å²) >= 11 is 0. The van der Waals surface area contributed by atoms with E-state index in [4.69, 9.17) is 9.47 Å². The fourth-order valence-electron chi connectivity index (χ4n) is 1.69. The van der Waals surface area contributed by atoms with Gasteiger partial charge >= 0.3 is 5.97 Å². The molecule has 0 spiro atoms. The van der Waals surface area contributed by atoms with Crippen LogP contribution in [-0.4, -0.2) is 25.7 Å². The van der Waals surface area contributed by atoms with Crippen molar-refractivity contribution in [3.63, 3.8) is 0 Å². The van der Waals surface area contributed by atoms with Crippen LogP contribution in [0.5, 0.6) is 5.75 Å². The lowest BCUT2D eigenvalue weighted by Crippen LogP contribution is -2.30. The van der Waals surface area contributed by atoms with Crippen LogP contribution in [0.1, 0.15) is 25.5 Å². The lowest BCUT2D eigenvalue weighted by molar-refractivity contribution is -0.145. The van der Waals surface area contributed by atoms with Crippen molar-refractivity contribution in [1.29, 1.82) is 0 Å². The van der Waals surface area contributed by atoms with Gasteiger partial charge in [-0.1, -0.05) is 18.2 Å². The summed E-state index contributed by atoms with van der Waals surface area (Å²) in [4.78, 5) is 11.9. The molecule has 4 heteroatoms. The van der Waals surface area contributed by atoms with Gasteiger partial charge in [0.05, 0.1) is 13.2 Å². The predicted octanol–water partition coefficient (Wildman–Crippen LogP) is 2.47. The van der Waals surface area contributed by atoms with E-state index in [-0.39, 0.29) is 5.97 Å². The van der Waals surface area contributed by atoms with Crippen LogP contribution < -0.4 is 10.1 Å². The third-order valence-electron chi connectivity index (χ3n) is 2.51. The van der Waals surface area contributed by atoms with Gasteiger partial charge in [0.15, 0.2) is 0 Å². The summed E-state index contributed by atoms with van der Waals surface area (Å²) in [5.41, 5.74) is 0.851. The van der Waals surface area contributed by atoms with E-state index < -0.39 is 6.04 Å². The molecule has 0 heterocycles. The number of nitrogens with one attached hydrogen (secondary N) is 1. The van der Waals surface area contributed by atoms with Crippen LogP contribution in [0.2, 0.25) is 0 Å². The zero-order valence-electron chi connectivity index (χ0n) is 11.5. The van der Waals surface area contributed by atoms with Gasteiger partial charge in [-0.25, -0.2) is 4.79 Å². The lowest BCUT2D eigenvalue weighted by atomic mass is 10.1. The lowest BCUT2D eigenvalue weighted by Gasteiger charge is -2.17. The molecule has 0 aliphatic heterocycles. The topological polar surface area (TPSA) is 47.6 Å². The summed E-state index contributed by atoms with van der Waals surface area (Å²) in [6.07, 6.45) is 1.71. The maximum atomic E-state index is 11.9. The SMILES string of the molecule is C=CCNC(C(=O)OCC)c1ccc(OCC)cc1. The molecular weight excluding hydrogens is 242 g/mol. The number of hydrogen-bond donors (Lipinski definition) is 1. The Morgan fingerprint density at radius 3 is 2.53 bits per heavy atom. The van der Waals surface area contributed by atoms with Crippen molar-refractivity contribution < 1.29 is 14.3 Å². The Balaban J connectivity index is 2.83. The number of esters is 1. The van der Waals surface area contributed by atoms with E-state index in [1.165, 1.54) is 0 Å². The van der Waals surface area contributed by atoms with E-state index in [2.05, 4.69) is 11.9 Å². The first kappa shape index (κ1) is 15.2. The predicted molar refractivity (Wildman–Crippen MR) is 75.2 cm³/mol. The molecule has 0 aliphatic carbocycles. The Morgan fingerprint density at radius 1 is 1.32 bits per heavy atom. The average molecular weight is 263 g/mol. The van der Waals surface area contributed by atoms with Crippen molar-refractivity contribution in [1.82, 2.24) is 5.32 Å². The molecule has 0 aromatic heterocycles. The van der Waals surface area contributed by atoms with Gasteiger partial charge in [-0.15, -0.1) is 6.58 Å². The number of ether oxygens (including phenoxy) is 2. The summed E-state index contributed by atoms with van der Waals surface area (Å²) in [5.74, 6) is 0.506. The molecule has 0 amide bonds. The van der Waals surface area contributed by atoms with Crippen molar-refractivity contribution in [3.05, 3.63) is 42.5 Å². The first-order valence-electron chi connectivity index (χ1n) is 6.46. The monoisotopic (exact) mass is 263 g/mol. The largest absolute Gasteiger partial charge is 0.494 e. The standard InChI is InChI=1S/C15H21NO3/c1-4-11-16-14(15(17)19-6-3)12-7-9-13(10-8-12)18-5-2/h4,7-10,14,16H,1,5-6,11H2,2-3H3. The first-order chi connectivity index (χ1) is 9.22. The summed E-state index contributed by atoms with van der Waals surface area (Å²) in [6.45, 7) is 8.88. The number of carbonyl (C=O) groups excluding carboxylic acids is 1. The minimum Gasteiger partial charge on any atom is -0.494 e. The number of rotatable bonds is 8. The first-order valence-corrected chi connectivity index (χ1v) is 6.46. The molecule has 19 heavy (non-hydrogen) atoms. The molecule has 0 saturated carbocycles. The van der Waals surface area contributed by atoms with Gasteiger partial charge in [0.1, 0.15) is 11.8 Å². The van der Waals surface area contributed by atoms with Crippen molar-refractivity contribution in [3.8, 4) is 5.75 Å². The molecule has 4 nitrogen and oxygen atoms in total. The van der Waals surface area contributed by atoms with Crippen LogP contribution in [-0.2, 0) is 9.53 Å². The van der Waals surface area contributed by atoms with Crippen LogP contribution in [0.25, 0.3) is 0 Å². The van der Waals surface area contributed by atoms with Crippen molar-refractivity contribution in [2.45, 2.75) is 19.9 Å². The molecule has 1 aromatic rings. The molecule has 0 radical (unpaired) electrons. The summed E-state index contributed by atoms with van der Waals surface area (Å²) in [6, 6.07) is 6.95. The van der Waals surface area contributed by atoms with Crippen LogP contribution in [0.15, 0.2) is 36.9 Å². The smallest absolute Gasteiger partial charge is 0.327 e. The Morgan fingerprint density at radius 2 is 2.00 bits per heavy atom. The molecule has 1 atom stereocenters. The highest BCUT2D eigenvalue weighted by molar-refractivity contribution is 5.77. The average Bonchev–Trinajstić information content (AvgIpc) is 2.41. The summed E-state index contributed by atoms with van der Waals surface area (Å²) in [7, 11) is 0. The van der Waals surface area contributed by atoms with Crippen molar-refractivity contribution in [2.24, 2.45) is 0 Å². The molecule has 0 aliphatic rings.